The molecule has 0 heterocycles. The van der Waals surface area contributed by atoms with Crippen molar-refractivity contribution in [3.8, 4) is 0 Å². The molecule has 2 rings (SSSR count). The van der Waals surface area contributed by atoms with E-state index in [1.54, 1.807) is 0 Å². The first kappa shape index (κ1) is 16.5. The van der Waals surface area contributed by atoms with Gasteiger partial charge in [-0.1, -0.05) is 45.2 Å². The fourth-order valence-corrected chi connectivity index (χ4v) is 3.51. The van der Waals surface area contributed by atoms with Crippen LogP contribution in [0.15, 0.2) is 34.8 Å². The van der Waals surface area contributed by atoms with Crippen molar-refractivity contribution < 1.29 is 0 Å². The molecular formula is C18H21BrClN. The molecule has 0 bridgehead atoms. The summed E-state index contributed by atoms with van der Waals surface area (Å²) in [5, 5.41) is 4.20. The zero-order chi connectivity index (χ0) is 15.6. The number of halogens is 2. The summed E-state index contributed by atoms with van der Waals surface area (Å²) in [7, 11) is 1.99. The van der Waals surface area contributed by atoms with Gasteiger partial charge < -0.3 is 5.32 Å². The molecule has 0 saturated carbocycles. The van der Waals surface area contributed by atoms with Crippen LogP contribution in [-0.2, 0) is 6.42 Å². The second kappa shape index (κ2) is 6.95. The Balaban J connectivity index is 2.38. The first-order chi connectivity index (χ1) is 9.92. The van der Waals surface area contributed by atoms with E-state index in [9.17, 15) is 0 Å². The van der Waals surface area contributed by atoms with Gasteiger partial charge in [0.15, 0.2) is 0 Å². The van der Waals surface area contributed by atoms with E-state index in [4.69, 9.17) is 11.6 Å². The minimum Gasteiger partial charge on any atom is -0.313 e. The fraction of sp³-hybridized carbons (Fsp3) is 0.333. The van der Waals surface area contributed by atoms with Crippen LogP contribution in [0.3, 0.4) is 0 Å². The molecule has 0 aliphatic rings. The minimum absolute atomic E-state index is 0.204. The largest absolute Gasteiger partial charge is 0.313 e. The highest BCUT2D eigenvalue weighted by Crippen LogP contribution is 2.30. The van der Waals surface area contributed by atoms with Gasteiger partial charge in [0, 0.05) is 15.5 Å². The van der Waals surface area contributed by atoms with E-state index in [-0.39, 0.29) is 6.04 Å². The third-order valence-electron chi connectivity index (χ3n) is 3.93. The third kappa shape index (κ3) is 3.88. The Morgan fingerprint density at radius 2 is 1.71 bits per heavy atom. The second-order valence-electron chi connectivity index (χ2n) is 5.59. The lowest BCUT2D eigenvalue weighted by molar-refractivity contribution is 0.589. The number of nitrogens with one attached hydrogen (secondary N) is 1. The average Bonchev–Trinajstić information content (AvgIpc) is 2.41. The molecule has 0 spiro atoms. The van der Waals surface area contributed by atoms with Gasteiger partial charge in [0.2, 0.25) is 0 Å². The van der Waals surface area contributed by atoms with Crippen molar-refractivity contribution >= 4 is 27.5 Å². The summed E-state index contributed by atoms with van der Waals surface area (Å²) >= 11 is 9.91. The maximum atomic E-state index is 6.38. The first-order valence-corrected chi connectivity index (χ1v) is 8.28. The molecular weight excluding hydrogens is 346 g/mol. The van der Waals surface area contributed by atoms with Crippen LogP contribution in [0, 0.1) is 20.8 Å². The standard InChI is InChI=1S/C18H21BrClN/c1-11-7-12(2)15(13(3)8-11)10-18(21-4)16-9-14(19)5-6-17(16)20/h5-9,18,21H,10H2,1-4H3. The van der Waals surface area contributed by atoms with Gasteiger partial charge in [-0.15, -0.1) is 0 Å². The van der Waals surface area contributed by atoms with Gasteiger partial charge >= 0.3 is 0 Å². The maximum absolute atomic E-state index is 6.38. The summed E-state index contributed by atoms with van der Waals surface area (Å²) in [5.74, 6) is 0. The molecule has 21 heavy (non-hydrogen) atoms. The monoisotopic (exact) mass is 365 g/mol. The minimum atomic E-state index is 0.204. The smallest absolute Gasteiger partial charge is 0.0454 e. The van der Waals surface area contributed by atoms with Gasteiger partial charge in [0.05, 0.1) is 0 Å². The fourth-order valence-electron chi connectivity index (χ4n) is 2.89. The van der Waals surface area contributed by atoms with Crippen LogP contribution in [0.25, 0.3) is 0 Å². The number of aryl methyl sites for hydroxylation is 3. The summed E-state index contributed by atoms with van der Waals surface area (Å²) in [6.07, 6.45) is 0.935. The predicted molar refractivity (Wildman–Crippen MR) is 95.3 cm³/mol. The molecule has 3 heteroatoms. The number of rotatable bonds is 4. The predicted octanol–water partition coefficient (Wildman–Crippen LogP) is 5.53. The lowest BCUT2D eigenvalue weighted by atomic mass is 9.91. The summed E-state index contributed by atoms with van der Waals surface area (Å²) in [6.45, 7) is 6.51. The van der Waals surface area contributed by atoms with Crippen molar-refractivity contribution in [2.45, 2.75) is 33.2 Å². The second-order valence-corrected chi connectivity index (χ2v) is 6.91. The third-order valence-corrected chi connectivity index (χ3v) is 4.77. The number of hydrogen-bond acceptors (Lipinski definition) is 1. The van der Waals surface area contributed by atoms with Gasteiger partial charge in [0.25, 0.3) is 0 Å². The molecule has 0 aliphatic heterocycles. The first-order valence-electron chi connectivity index (χ1n) is 7.11. The number of hydrogen-bond donors (Lipinski definition) is 1. The Morgan fingerprint density at radius 1 is 1.10 bits per heavy atom. The van der Waals surface area contributed by atoms with Crippen LogP contribution in [0.5, 0.6) is 0 Å². The molecule has 1 nitrogen and oxygen atoms in total. The molecule has 0 radical (unpaired) electrons. The highest BCUT2D eigenvalue weighted by molar-refractivity contribution is 9.10. The summed E-state index contributed by atoms with van der Waals surface area (Å²) in [5.41, 5.74) is 6.54. The Morgan fingerprint density at radius 3 is 2.29 bits per heavy atom. The maximum Gasteiger partial charge on any atom is 0.0454 e. The topological polar surface area (TPSA) is 12.0 Å². The van der Waals surface area contributed by atoms with Crippen molar-refractivity contribution in [1.82, 2.24) is 5.32 Å². The summed E-state index contributed by atoms with van der Waals surface area (Å²) < 4.78 is 1.06. The van der Waals surface area contributed by atoms with E-state index in [0.717, 1.165) is 21.5 Å². The number of benzene rings is 2. The van der Waals surface area contributed by atoms with Crippen molar-refractivity contribution in [2.24, 2.45) is 0 Å². The van der Waals surface area contributed by atoms with Crippen LogP contribution in [0.1, 0.15) is 33.9 Å². The summed E-state index contributed by atoms with van der Waals surface area (Å²) in [4.78, 5) is 0. The quantitative estimate of drug-likeness (QED) is 0.750. The molecule has 1 atom stereocenters. The highest BCUT2D eigenvalue weighted by atomic mass is 79.9. The van der Waals surface area contributed by atoms with Crippen LogP contribution in [0.4, 0.5) is 0 Å². The van der Waals surface area contributed by atoms with E-state index >= 15 is 0 Å². The normalized spacial score (nSPS) is 12.5. The van der Waals surface area contributed by atoms with E-state index in [1.807, 2.05) is 19.2 Å². The van der Waals surface area contributed by atoms with E-state index in [1.165, 1.54) is 22.3 Å². The zero-order valence-electron chi connectivity index (χ0n) is 12.9. The molecule has 0 aromatic heterocycles. The lowest BCUT2D eigenvalue weighted by Gasteiger charge is -2.21. The van der Waals surface area contributed by atoms with Gasteiger partial charge in [-0.25, -0.2) is 0 Å². The SMILES string of the molecule is CNC(Cc1c(C)cc(C)cc1C)c1cc(Br)ccc1Cl. The van der Waals surface area contributed by atoms with E-state index in [0.29, 0.717) is 0 Å². The van der Waals surface area contributed by atoms with Crippen molar-refractivity contribution in [2.75, 3.05) is 7.05 Å². The molecule has 112 valence electrons. The van der Waals surface area contributed by atoms with E-state index < -0.39 is 0 Å². The molecule has 1 N–H and O–H groups in total. The summed E-state index contributed by atoms with van der Waals surface area (Å²) in [6, 6.07) is 10.7. The molecule has 0 aliphatic carbocycles. The lowest BCUT2D eigenvalue weighted by Crippen LogP contribution is -2.20. The van der Waals surface area contributed by atoms with Crippen LogP contribution in [-0.4, -0.2) is 7.05 Å². The molecule has 1 unspecified atom stereocenters. The van der Waals surface area contributed by atoms with Crippen LogP contribution < -0.4 is 5.32 Å². The van der Waals surface area contributed by atoms with Crippen molar-refractivity contribution in [1.29, 1.82) is 0 Å². The van der Waals surface area contributed by atoms with Gasteiger partial charge in [-0.05, 0) is 74.7 Å². The van der Waals surface area contributed by atoms with Crippen LogP contribution >= 0.6 is 27.5 Å². The van der Waals surface area contributed by atoms with Gasteiger partial charge in [-0.3, -0.25) is 0 Å². The van der Waals surface area contributed by atoms with Gasteiger partial charge in [-0.2, -0.15) is 0 Å². The Kier molecular flexibility index (Phi) is 5.48. The average molecular weight is 367 g/mol. The molecule has 2 aromatic carbocycles. The zero-order valence-corrected chi connectivity index (χ0v) is 15.3. The van der Waals surface area contributed by atoms with Crippen LogP contribution in [0.2, 0.25) is 5.02 Å². The highest BCUT2D eigenvalue weighted by Gasteiger charge is 2.16. The molecule has 0 amide bonds. The Bertz CT molecular complexity index is 629. The Labute approximate surface area is 140 Å². The van der Waals surface area contributed by atoms with E-state index in [2.05, 4.69) is 60.2 Å². The number of likely N-dealkylation sites (N-methyl/N-ethyl adjacent to an activating group) is 1. The molecule has 0 fully saturated rings. The molecule has 2 aromatic rings. The van der Waals surface area contributed by atoms with Crippen molar-refractivity contribution in [3.63, 3.8) is 0 Å². The molecule has 0 saturated heterocycles. The van der Waals surface area contributed by atoms with Gasteiger partial charge in [0.1, 0.15) is 0 Å². The Hall–Kier alpha value is -0.830. The van der Waals surface area contributed by atoms with Crippen molar-refractivity contribution in [3.05, 3.63) is 67.6 Å².